The maximum Gasteiger partial charge on any atom is 0.173 e. The quantitative estimate of drug-likeness (QED) is 0.851. The van der Waals surface area contributed by atoms with E-state index in [0.29, 0.717) is 0 Å². The van der Waals surface area contributed by atoms with Gasteiger partial charge in [-0.3, -0.25) is 0 Å². The van der Waals surface area contributed by atoms with Gasteiger partial charge in [0.25, 0.3) is 0 Å². The van der Waals surface area contributed by atoms with Gasteiger partial charge in [0.1, 0.15) is 0 Å². The van der Waals surface area contributed by atoms with Crippen LogP contribution in [0, 0.1) is 0 Å². The van der Waals surface area contributed by atoms with E-state index in [2.05, 4.69) is 34.7 Å². The summed E-state index contributed by atoms with van der Waals surface area (Å²) in [7, 11) is 0. The normalized spacial score (nSPS) is 12.9. The fourth-order valence-corrected chi connectivity index (χ4v) is 2.04. The van der Waals surface area contributed by atoms with Crippen molar-refractivity contribution in [3.8, 4) is 5.69 Å². The summed E-state index contributed by atoms with van der Waals surface area (Å²) in [5, 5.41) is 19.1. The molecule has 6 heteroatoms. The van der Waals surface area contributed by atoms with Gasteiger partial charge < -0.3 is 5.32 Å². The van der Waals surface area contributed by atoms with Crippen LogP contribution in [0.2, 0.25) is 0 Å². The molecule has 0 aromatic carbocycles. The molecule has 15 heavy (non-hydrogen) atoms. The van der Waals surface area contributed by atoms with Crippen LogP contribution in [0.3, 0.4) is 0 Å². The first-order valence-corrected chi connectivity index (χ1v) is 5.81. The molecule has 1 unspecified atom stereocenters. The van der Waals surface area contributed by atoms with Gasteiger partial charge in [-0.25, -0.2) is 0 Å². The van der Waals surface area contributed by atoms with E-state index in [1.807, 2.05) is 16.8 Å². The molecule has 0 aliphatic rings. The Morgan fingerprint density at radius 3 is 3.13 bits per heavy atom. The summed E-state index contributed by atoms with van der Waals surface area (Å²) in [6, 6.07) is 2.16. The first-order valence-electron chi connectivity index (χ1n) is 4.87. The molecular weight excluding hydrogens is 210 g/mol. The monoisotopic (exact) mass is 223 g/mol. The fraction of sp³-hybridized carbons (Fsp3) is 0.444. The Balaban J connectivity index is 2.30. The van der Waals surface area contributed by atoms with Crippen LogP contribution in [-0.2, 0) is 0 Å². The van der Waals surface area contributed by atoms with Crippen LogP contribution in [-0.4, -0.2) is 26.8 Å². The lowest BCUT2D eigenvalue weighted by Crippen LogP contribution is -2.21. The lowest BCUT2D eigenvalue weighted by Gasteiger charge is -2.10. The summed E-state index contributed by atoms with van der Waals surface area (Å²) in [6.45, 7) is 5.02. The highest BCUT2D eigenvalue weighted by molar-refractivity contribution is 7.08. The standard InChI is InChI=1S/C9H13N5S/c1-3-10-7(2)9-11-12-13-14(9)8-4-5-15-6-8/h4-7,10H,3H2,1-2H3. The summed E-state index contributed by atoms with van der Waals surface area (Å²) in [6.07, 6.45) is 0. The van der Waals surface area contributed by atoms with Crippen molar-refractivity contribution in [1.29, 1.82) is 0 Å². The average Bonchev–Trinajstić information content (AvgIpc) is 2.88. The maximum atomic E-state index is 4.03. The van der Waals surface area contributed by atoms with Crippen LogP contribution in [0.25, 0.3) is 5.69 Å². The van der Waals surface area contributed by atoms with Gasteiger partial charge >= 0.3 is 0 Å². The Morgan fingerprint density at radius 2 is 2.47 bits per heavy atom. The van der Waals surface area contributed by atoms with E-state index in [4.69, 9.17) is 0 Å². The third kappa shape index (κ3) is 2.05. The van der Waals surface area contributed by atoms with Crippen molar-refractivity contribution < 1.29 is 0 Å². The van der Waals surface area contributed by atoms with Crippen LogP contribution in [0.1, 0.15) is 25.7 Å². The van der Waals surface area contributed by atoms with E-state index in [9.17, 15) is 0 Å². The van der Waals surface area contributed by atoms with Crippen LogP contribution < -0.4 is 5.32 Å². The highest BCUT2D eigenvalue weighted by Crippen LogP contribution is 2.15. The number of tetrazole rings is 1. The Kier molecular flexibility index (Phi) is 3.08. The molecule has 0 aliphatic heterocycles. The molecule has 0 amide bonds. The first-order chi connectivity index (χ1) is 7.33. The molecule has 5 nitrogen and oxygen atoms in total. The molecule has 0 spiro atoms. The smallest absolute Gasteiger partial charge is 0.173 e. The Morgan fingerprint density at radius 1 is 1.60 bits per heavy atom. The minimum absolute atomic E-state index is 0.157. The van der Waals surface area contributed by atoms with E-state index in [1.54, 1.807) is 16.0 Å². The van der Waals surface area contributed by atoms with E-state index < -0.39 is 0 Å². The van der Waals surface area contributed by atoms with Crippen molar-refractivity contribution in [2.75, 3.05) is 6.54 Å². The van der Waals surface area contributed by atoms with Crippen LogP contribution in [0.4, 0.5) is 0 Å². The molecule has 2 aromatic heterocycles. The van der Waals surface area contributed by atoms with Crippen molar-refractivity contribution in [1.82, 2.24) is 25.5 Å². The second kappa shape index (κ2) is 4.50. The topological polar surface area (TPSA) is 55.6 Å². The van der Waals surface area contributed by atoms with Gasteiger partial charge in [-0.05, 0) is 35.3 Å². The van der Waals surface area contributed by atoms with Gasteiger partial charge in [0.2, 0.25) is 0 Å². The number of aromatic nitrogens is 4. The van der Waals surface area contributed by atoms with Gasteiger partial charge in [0, 0.05) is 5.38 Å². The zero-order valence-electron chi connectivity index (χ0n) is 8.71. The zero-order chi connectivity index (χ0) is 10.7. The molecule has 2 heterocycles. The van der Waals surface area contributed by atoms with E-state index in [1.165, 1.54) is 0 Å². The highest BCUT2D eigenvalue weighted by Gasteiger charge is 2.14. The van der Waals surface area contributed by atoms with Crippen molar-refractivity contribution >= 4 is 11.3 Å². The molecule has 80 valence electrons. The van der Waals surface area contributed by atoms with Crippen molar-refractivity contribution in [2.45, 2.75) is 19.9 Å². The van der Waals surface area contributed by atoms with Crippen LogP contribution in [0.15, 0.2) is 16.8 Å². The Hall–Kier alpha value is -1.27. The summed E-state index contributed by atoms with van der Waals surface area (Å²) in [5.41, 5.74) is 1.02. The SMILES string of the molecule is CCNC(C)c1nnnn1-c1ccsc1. The molecule has 2 rings (SSSR count). The highest BCUT2D eigenvalue weighted by atomic mass is 32.1. The molecule has 0 aliphatic carbocycles. The zero-order valence-corrected chi connectivity index (χ0v) is 9.53. The van der Waals surface area contributed by atoms with Gasteiger partial charge in [-0.15, -0.1) is 5.10 Å². The van der Waals surface area contributed by atoms with Crippen molar-refractivity contribution in [3.63, 3.8) is 0 Å². The van der Waals surface area contributed by atoms with Gasteiger partial charge in [0.05, 0.1) is 11.7 Å². The number of hydrogen-bond acceptors (Lipinski definition) is 5. The van der Waals surface area contributed by atoms with Gasteiger partial charge in [-0.1, -0.05) is 6.92 Å². The van der Waals surface area contributed by atoms with Crippen LogP contribution >= 0.6 is 11.3 Å². The Labute approximate surface area is 92.1 Å². The second-order valence-corrected chi connectivity index (χ2v) is 3.99. The summed E-state index contributed by atoms with van der Waals surface area (Å²) in [5.74, 6) is 0.843. The average molecular weight is 223 g/mol. The van der Waals surface area contributed by atoms with E-state index in [-0.39, 0.29) is 6.04 Å². The molecule has 1 atom stereocenters. The summed E-state index contributed by atoms with van der Waals surface area (Å²) in [4.78, 5) is 0. The number of rotatable bonds is 4. The molecule has 1 N–H and O–H groups in total. The number of nitrogens with one attached hydrogen (secondary N) is 1. The molecular formula is C9H13N5S. The Bertz CT molecular complexity index is 408. The molecule has 0 radical (unpaired) electrons. The third-order valence-corrected chi connectivity index (χ3v) is 2.81. The number of nitrogens with zero attached hydrogens (tertiary/aromatic N) is 4. The number of hydrogen-bond donors (Lipinski definition) is 1. The van der Waals surface area contributed by atoms with E-state index in [0.717, 1.165) is 18.1 Å². The summed E-state index contributed by atoms with van der Waals surface area (Å²) >= 11 is 1.63. The van der Waals surface area contributed by atoms with Crippen molar-refractivity contribution in [2.24, 2.45) is 0 Å². The molecule has 0 bridgehead atoms. The third-order valence-electron chi connectivity index (χ3n) is 2.14. The minimum atomic E-state index is 0.157. The molecule has 0 saturated carbocycles. The maximum absolute atomic E-state index is 4.03. The van der Waals surface area contributed by atoms with Crippen molar-refractivity contribution in [3.05, 3.63) is 22.7 Å². The molecule has 0 fully saturated rings. The predicted molar refractivity (Wildman–Crippen MR) is 59.1 cm³/mol. The van der Waals surface area contributed by atoms with Gasteiger partial charge in [0.15, 0.2) is 5.82 Å². The lowest BCUT2D eigenvalue weighted by atomic mass is 10.3. The van der Waals surface area contributed by atoms with Gasteiger partial charge in [-0.2, -0.15) is 16.0 Å². The first kappa shape index (κ1) is 10.3. The lowest BCUT2D eigenvalue weighted by molar-refractivity contribution is 0.551. The largest absolute Gasteiger partial charge is 0.308 e. The minimum Gasteiger partial charge on any atom is -0.308 e. The molecule has 0 saturated heterocycles. The van der Waals surface area contributed by atoms with Crippen LogP contribution in [0.5, 0.6) is 0 Å². The predicted octanol–water partition coefficient (Wildman–Crippen LogP) is 1.39. The van der Waals surface area contributed by atoms with E-state index >= 15 is 0 Å². The fourth-order valence-electron chi connectivity index (χ4n) is 1.42. The summed E-state index contributed by atoms with van der Waals surface area (Å²) < 4.78 is 1.77. The number of thiophene rings is 1. The second-order valence-electron chi connectivity index (χ2n) is 3.21. The molecule has 2 aromatic rings.